The fourth-order valence-corrected chi connectivity index (χ4v) is 6.51. The Kier molecular flexibility index (Phi) is 3.10. The second kappa shape index (κ2) is 4.66. The van der Waals surface area contributed by atoms with Gasteiger partial charge in [-0.05, 0) is 66.9 Å². The van der Waals surface area contributed by atoms with Crippen LogP contribution in [-0.2, 0) is 9.59 Å². The summed E-state index contributed by atoms with van der Waals surface area (Å²) in [5.41, 5.74) is 1.36. The molecule has 4 aliphatic rings. The van der Waals surface area contributed by atoms with E-state index in [0.717, 1.165) is 19.3 Å². The van der Waals surface area contributed by atoms with Crippen LogP contribution in [0.3, 0.4) is 0 Å². The van der Waals surface area contributed by atoms with Gasteiger partial charge in [-0.2, -0.15) is 0 Å². The molecule has 0 aromatic carbocycles. The molecule has 6 atom stereocenters. The topological polar surface area (TPSA) is 54.4 Å². The number of aliphatic hydroxyl groups is 1. The Morgan fingerprint density at radius 3 is 2.65 bits per heavy atom. The third-order valence-electron chi connectivity index (χ3n) is 7.61. The number of carbonyl (C=O) groups excluding carboxylic acids is 2. The van der Waals surface area contributed by atoms with Crippen molar-refractivity contribution in [3.05, 3.63) is 23.8 Å². The first-order valence-corrected chi connectivity index (χ1v) is 8.92. The fraction of sp³-hybridized carbons (Fsp3) is 0.700. The molecule has 0 bridgehead atoms. The highest BCUT2D eigenvalue weighted by molar-refractivity contribution is 6.05. The normalized spacial score (nSPS) is 49.3. The number of rotatable bonds is 0. The Morgan fingerprint density at radius 2 is 1.91 bits per heavy atom. The highest BCUT2D eigenvalue weighted by Crippen LogP contribution is 2.64. The molecule has 4 rings (SSSR count). The van der Waals surface area contributed by atoms with Crippen molar-refractivity contribution in [2.45, 2.75) is 58.5 Å². The van der Waals surface area contributed by atoms with Crippen molar-refractivity contribution < 1.29 is 14.7 Å². The lowest BCUT2D eigenvalue weighted by Crippen LogP contribution is -2.56. The maximum Gasteiger partial charge on any atom is 0.181 e. The summed E-state index contributed by atoms with van der Waals surface area (Å²) in [6.07, 6.45) is 6.12. The predicted octanol–water partition coefficient (Wildman–Crippen LogP) is 3.22. The second-order valence-corrected chi connectivity index (χ2v) is 8.72. The molecule has 23 heavy (non-hydrogen) atoms. The number of aliphatic hydroxyl groups excluding tert-OH is 1. The van der Waals surface area contributed by atoms with Crippen molar-refractivity contribution in [2.24, 2.45) is 28.6 Å². The number of carbonyl (C=O) groups is 2. The molecule has 3 fully saturated rings. The fourth-order valence-electron chi connectivity index (χ4n) is 6.51. The van der Waals surface area contributed by atoms with Crippen molar-refractivity contribution in [3.8, 4) is 0 Å². The summed E-state index contributed by atoms with van der Waals surface area (Å²) >= 11 is 0. The van der Waals surface area contributed by atoms with E-state index in [4.69, 9.17) is 0 Å². The number of hydrogen-bond acceptors (Lipinski definition) is 3. The average Bonchev–Trinajstić information content (AvgIpc) is 2.76. The van der Waals surface area contributed by atoms with E-state index in [1.807, 2.05) is 0 Å². The number of allylic oxidation sites excluding steroid dienone is 2. The molecule has 1 N–H and O–H groups in total. The Hall–Kier alpha value is -1.22. The van der Waals surface area contributed by atoms with Crippen LogP contribution in [0, 0.1) is 28.6 Å². The minimum absolute atomic E-state index is 0.0575. The summed E-state index contributed by atoms with van der Waals surface area (Å²) in [6, 6.07) is 0. The molecular formula is C20H26O3. The molecule has 4 aliphatic carbocycles. The summed E-state index contributed by atoms with van der Waals surface area (Å²) in [5.74, 6) is 1.33. The molecule has 0 radical (unpaired) electrons. The molecule has 0 amide bonds. The van der Waals surface area contributed by atoms with Crippen molar-refractivity contribution in [2.75, 3.05) is 0 Å². The van der Waals surface area contributed by atoms with Gasteiger partial charge >= 0.3 is 0 Å². The Morgan fingerprint density at radius 1 is 1.17 bits per heavy atom. The monoisotopic (exact) mass is 314 g/mol. The van der Waals surface area contributed by atoms with E-state index in [0.29, 0.717) is 42.5 Å². The van der Waals surface area contributed by atoms with Crippen LogP contribution in [-0.4, -0.2) is 22.8 Å². The van der Waals surface area contributed by atoms with E-state index >= 15 is 0 Å². The molecule has 3 saturated carbocycles. The lowest BCUT2D eigenvalue weighted by molar-refractivity contribution is -0.145. The Labute approximate surface area is 137 Å². The molecule has 0 aromatic rings. The SMILES string of the molecule is C=C1C[C@@]2(C)C(=CC1=O)CC[C@@H]1[C@@H]2[C@H](O)C[C@]2(C)C(=O)CC[C@@H]12. The van der Waals surface area contributed by atoms with E-state index in [9.17, 15) is 14.7 Å². The van der Waals surface area contributed by atoms with Gasteiger partial charge in [0, 0.05) is 11.8 Å². The first-order valence-electron chi connectivity index (χ1n) is 8.92. The number of ketones is 2. The van der Waals surface area contributed by atoms with Crippen LogP contribution < -0.4 is 0 Å². The largest absolute Gasteiger partial charge is 0.393 e. The molecule has 0 heterocycles. The van der Waals surface area contributed by atoms with Gasteiger partial charge in [0.25, 0.3) is 0 Å². The molecule has 0 aliphatic heterocycles. The van der Waals surface area contributed by atoms with Crippen LogP contribution in [0.2, 0.25) is 0 Å². The molecule has 3 heteroatoms. The molecular weight excluding hydrogens is 288 g/mol. The zero-order valence-electron chi connectivity index (χ0n) is 14.1. The number of hydrogen-bond donors (Lipinski definition) is 1. The minimum Gasteiger partial charge on any atom is -0.393 e. The van der Waals surface area contributed by atoms with Crippen LogP contribution in [0.1, 0.15) is 52.4 Å². The van der Waals surface area contributed by atoms with Crippen LogP contribution in [0.5, 0.6) is 0 Å². The van der Waals surface area contributed by atoms with Gasteiger partial charge in [-0.25, -0.2) is 0 Å². The minimum atomic E-state index is -0.460. The van der Waals surface area contributed by atoms with Crippen LogP contribution in [0.4, 0.5) is 0 Å². The highest BCUT2D eigenvalue weighted by Gasteiger charge is 2.62. The molecule has 0 spiro atoms. The predicted molar refractivity (Wildman–Crippen MR) is 87.6 cm³/mol. The van der Waals surface area contributed by atoms with Gasteiger partial charge in [-0.15, -0.1) is 0 Å². The van der Waals surface area contributed by atoms with E-state index in [1.54, 1.807) is 6.08 Å². The summed E-state index contributed by atoms with van der Waals surface area (Å²) in [4.78, 5) is 24.5. The van der Waals surface area contributed by atoms with Gasteiger partial charge in [0.15, 0.2) is 5.78 Å². The first kappa shape index (κ1) is 15.3. The molecule has 0 aromatic heterocycles. The zero-order valence-corrected chi connectivity index (χ0v) is 14.1. The van der Waals surface area contributed by atoms with Gasteiger partial charge in [0.1, 0.15) is 5.78 Å². The summed E-state index contributed by atoms with van der Waals surface area (Å²) < 4.78 is 0. The molecule has 0 unspecified atom stereocenters. The molecule has 3 nitrogen and oxygen atoms in total. The zero-order chi connectivity index (χ0) is 16.6. The summed E-state index contributed by atoms with van der Waals surface area (Å²) in [5, 5.41) is 11.0. The van der Waals surface area contributed by atoms with Gasteiger partial charge < -0.3 is 5.11 Å². The Bertz CT molecular complexity index is 645. The van der Waals surface area contributed by atoms with Crippen molar-refractivity contribution >= 4 is 11.6 Å². The standard InChI is InChI=1S/C20H26O3/c1-11-9-19(2)12(8-15(11)21)4-5-13-14-6-7-17(23)20(14,3)10-16(22)18(13)19/h8,13-14,16,18,22H,1,4-7,9-10H2,2-3H3/t13-,14-,16+,18+,19-,20-/m0/s1. The second-order valence-electron chi connectivity index (χ2n) is 8.72. The maximum atomic E-state index is 12.4. The Balaban J connectivity index is 1.78. The first-order chi connectivity index (χ1) is 10.8. The third kappa shape index (κ3) is 1.86. The van der Waals surface area contributed by atoms with Gasteiger partial charge in [-0.3, -0.25) is 9.59 Å². The summed E-state index contributed by atoms with van der Waals surface area (Å²) in [7, 11) is 0. The molecule has 124 valence electrons. The average molecular weight is 314 g/mol. The number of fused-ring (bicyclic) bond motifs is 5. The van der Waals surface area contributed by atoms with E-state index in [1.165, 1.54) is 5.57 Å². The van der Waals surface area contributed by atoms with Crippen LogP contribution in [0.15, 0.2) is 23.8 Å². The van der Waals surface area contributed by atoms with E-state index in [2.05, 4.69) is 20.4 Å². The van der Waals surface area contributed by atoms with Crippen molar-refractivity contribution in [1.29, 1.82) is 0 Å². The number of Topliss-reactive ketones (excluding diaryl/α,β-unsaturated/α-hetero) is 1. The van der Waals surface area contributed by atoms with E-state index in [-0.39, 0.29) is 22.5 Å². The smallest absolute Gasteiger partial charge is 0.181 e. The van der Waals surface area contributed by atoms with Gasteiger partial charge in [0.2, 0.25) is 0 Å². The van der Waals surface area contributed by atoms with Gasteiger partial charge in [0.05, 0.1) is 6.10 Å². The van der Waals surface area contributed by atoms with Crippen LogP contribution >= 0.6 is 0 Å². The van der Waals surface area contributed by atoms with Crippen molar-refractivity contribution in [1.82, 2.24) is 0 Å². The lowest BCUT2D eigenvalue weighted by atomic mass is 9.46. The lowest BCUT2D eigenvalue weighted by Gasteiger charge is -2.58. The highest BCUT2D eigenvalue weighted by atomic mass is 16.3. The third-order valence-corrected chi connectivity index (χ3v) is 7.61. The molecule has 0 saturated heterocycles. The maximum absolute atomic E-state index is 12.4. The van der Waals surface area contributed by atoms with Crippen LogP contribution in [0.25, 0.3) is 0 Å². The van der Waals surface area contributed by atoms with E-state index < -0.39 is 6.10 Å². The van der Waals surface area contributed by atoms with Gasteiger partial charge in [-0.1, -0.05) is 26.0 Å². The summed E-state index contributed by atoms with van der Waals surface area (Å²) in [6.45, 7) is 8.23. The van der Waals surface area contributed by atoms with Crippen molar-refractivity contribution in [3.63, 3.8) is 0 Å². The quantitative estimate of drug-likeness (QED) is 0.698.